The summed E-state index contributed by atoms with van der Waals surface area (Å²) in [5.41, 5.74) is -0.0829. The zero-order valence-corrected chi connectivity index (χ0v) is 12.5. The van der Waals surface area contributed by atoms with Crippen molar-refractivity contribution in [3.05, 3.63) is 0 Å². The molecule has 3 unspecified atom stereocenters. The van der Waals surface area contributed by atoms with Crippen molar-refractivity contribution in [2.75, 3.05) is 13.1 Å². The maximum atomic E-state index is 12.1. The molecule has 1 N–H and O–H groups in total. The van der Waals surface area contributed by atoms with Crippen LogP contribution in [0, 0.1) is 17.3 Å². The van der Waals surface area contributed by atoms with Gasteiger partial charge < -0.3 is 5.32 Å². The van der Waals surface area contributed by atoms with Crippen molar-refractivity contribution >= 4 is 11.8 Å². The molecule has 3 atom stereocenters. The largest absolute Gasteiger partial charge is 0.314 e. The predicted octanol–water partition coefficient (Wildman–Crippen LogP) is 1.80. The van der Waals surface area contributed by atoms with Crippen molar-refractivity contribution in [1.82, 2.24) is 10.2 Å². The number of rotatable bonds is 7. The van der Waals surface area contributed by atoms with Crippen LogP contribution in [0.5, 0.6) is 0 Å². The van der Waals surface area contributed by atoms with Gasteiger partial charge in [-0.15, -0.1) is 0 Å². The Balaban J connectivity index is 1.79. The number of hydrogen-bond acceptors (Lipinski definition) is 3. The number of carbonyl (C=O) groups excluding carboxylic acids is 2. The molecule has 2 amide bonds. The zero-order chi connectivity index (χ0) is 14.2. The second-order valence-corrected chi connectivity index (χ2v) is 6.41. The highest BCUT2D eigenvalue weighted by molar-refractivity contribution is 6.10. The van der Waals surface area contributed by atoms with Gasteiger partial charge in [-0.3, -0.25) is 14.5 Å². The highest BCUT2D eigenvalue weighted by Crippen LogP contribution is 2.63. The number of nitrogens with one attached hydrogen (secondary N) is 1. The smallest absolute Gasteiger partial charge is 0.233 e. The van der Waals surface area contributed by atoms with E-state index >= 15 is 0 Å². The summed E-state index contributed by atoms with van der Waals surface area (Å²) in [6, 6.07) is 0.504. The topological polar surface area (TPSA) is 49.4 Å². The van der Waals surface area contributed by atoms with E-state index in [-0.39, 0.29) is 29.1 Å². The molecule has 1 heterocycles. The van der Waals surface area contributed by atoms with E-state index < -0.39 is 0 Å². The average molecular weight is 266 g/mol. The number of piperidine rings is 1. The lowest BCUT2D eigenvalue weighted by molar-refractivity contribution is -0.143. The molecule has 1 aliphatic carbocycles. The number of hydrogen-bond donors (Lipinski definition) is 1. The summed E-state index contributed by atoms with van der Waals surface area (Å²) in [6.45, 7) is 9.88. The molecule has 2 aliphatic rings. The van der Waals surface area contributed by atoms with Gasteiger partial charge in [0.25, 0.3) is 0 Å². The van der Waals surface area contributed by atoms with Crippen molar-refractivity contribution in [3.63, 3.8) is 0 Å². The number of imide groups is 1. The first-order valence-electron chi connectivity index (χ1n) is 7.53. The molecular formula is C15H26N2O2. The molecule has 2 fully saturated rings. The second kappa shape index (κ2) is 5.23. The fraction of sp³-hybridized carbons (Fsp3) is 0.867. The summed E-state index contributed by atoms with van der Waals surface area (Å²) in [4.78, 5) is 25.8. The van der Waals surface area contributed by atoms with Crippen molar-refractivity contribution in [1.29, 1.82) is 0 Å². The van der Waals surface area contributed by atoms with Gasteiger partial charge in [-0.05, 0) is 31.2 Å². The molecule has 0 radical (unpaired) electrons. The second-order valence-electron chi connectivity index (χ2n) is 6.41. The highest BCUT2D eigenvalue weighted by Gasteiger charge is 2.72. The molecule has 0 spiro atoms. The van der Waals surface area contributed by atoms with E-state index in [0.717, 1.165) is 25.8 Å². The van der Waals surface area contributed by atoms with Crippen LogP contribution in [0.25, 0.3) is 0 Å². The lowest BCUT2D eigenvalue weighted by Gasteiger charge is -2.22. The van der Waals surface area contributed by atoms with Gasteiger partial charge in [0, 0.05) is 12.6 Å². The van der Waals surface area contributed by atoms with Gasteiger partial charge in [-0.25, -0.2) is 0 Å². The number of carbonyl (C=O) groups is 2. The van der Waals surface area contributed by atoms with E-state index in [0.29, 0.717) is 12.6 Å². The van der Waals surface area contributed by atoms with Crippen LogP contribution in [0.3, 0.4) is 0 Å². The molecular weight excluding hydrogens is 240 g/mol. The molecule has 1 saturated carbocycles. The Morgan fingerprint density at radius 3 is 2.26 bits per heavy atom. The Labute approximate surface area is 115 Å². The molecule has 1 saturated heterocycles. The first-order valence-corrected chi connectivity index (χ1v) is 7.53. The quantitative estimate of drug-likeness (QED) is 0.715. The van der Waals surface area contributed by atoms with Crippen LogP contribution >= 0.6 is 0 Å². The van der Waals surface area contributed by atoms with Gasteiger partial charge in [0.2, 0.25) is 11.8 Å². The maximum Gasteiger partial charge on any atom is 0.233 e. The summed E-state index contributed by atoms with van der Waals surface area (Å²) in [5, 5.41) is 3.42. The fourth-order valence-electron chi connectivity index (χ4n) is 3.46. The molecule has 4 heteroatoms. The summed E-state index contributed by atoms with van der Waals surface area (Å²) in [6.07, 6.45) is 3.02. The van der Waals surface area contributed by atoms with Gasteiger partial charge >= 0.3 is 0 Å². The average Bonchev–Trinajstić information content (AvgIpc) is 2.83. The summed E-state index contributed by atoms with van der Waals surface area (Å²) in [5.74, 6) is 0.0690. The third-order valence-electron chi connectivity index (χ3n) is 4.81. The van der Waals surface area contributed by atoms with Crippen molar-refractivity contribution in [2.24, 2.45) is 17.3 Å². The molecule has 19 heavy (non-hydrogen) atoms. The fourth-order valence-corrected chi connectivity index (χ4v) is 3.46. The van der Waals surface area contributed by atoms with E-state index in [1.807, 2.05) is 13.8 Å². The molecule has 2 rings (SSSR count). The molecule has 108 valence electrons. The molecule has 4 nitrogen and oxygen atoms in total. The first kappa shape index (κ1) is 14.5. The summed E-state index contributed by atoms with van der Waals surface area (Å²) < 4.78 is 0. The SMILES string of the molecule is CCNC(CC)CCCN1C(=O)C2C(C1=O)C2(C)C. The number of amides is 2. The summed E-state index contributed by atoms with van der Waals surface area (Å²) >= 11 is 0. The molecule has 0 aromatic rings. The van der Waals surface area contributed by atoms with Crippen LogP contribution in [-0.2, 0) is 9.59 Å². The van der Waals surface area contributed by atoms with Gasteiger partial charge in [-0.2, -0.15) is 0 Å². The predicted molar refractivity (Wildman–Crippen MR) is 74.5 cm³/mol. The van der Waals surface area contributed by atoms with E-state index in [9.17, 15) is 9.59 Å². The molecule has 1 aliphatic heterocycles. The van der Waals surface area contributed by atoms with Crippen LogP contribution in [0.4, 0.5) is 0 Å². The van der Waals surface area contributed by atoms with E-state index in [1.165, 1.54) is 4.90 Å². The minimum absolute atomic E-state index is 0.0317. The number of likely N-dealkylation sites (tertiary alicyclic amines) is 1. The Kier molecular flexibility index (Phi) is 4.00. The highest BCUT2D eigenvalue weighted by atomic mass is 16.2. The van der Waals surface area contributed by atoms with E-state index in [4.69, 9.17) is 0 Å². The Hall–Kier alpha value is -0.900. The third kappa shape index (κ3) is 2.42. The first-order chi connectivity index (χ1) is 8.95. The minimum atomic E-state index is -0.0829. The van der Waals surface area contributed by atoms with Crippen molar-refractivity contribution in [3.8, 4) is 0 Å². The molecule has 0 aromatic carbocycles. The monoisotopic (exact) mass is 266 g/mol. The lowest BCUT2D eigenvalue weighted by atomic mass is 10.0. The Morgan fingerprint density at radius 1 is 1.21 bits per heavy atom. The van der Waals surface area contributed by atoms with Gasteiger partial charge in [0.1, 0.15) is 0 Å². The molecule has 0 bridgehead atoms. The van der Waals surface area contributed by atoms with Crippen LogP contribution < -0.4 is 5.32 Å². The van der Waals surface area contributed by atoms with E-state index in [2.05, 4.69) is 19.2 Å². The van der Waals surface area contributed by atoms with Crippen LogP contribution in [-0.4, -0.2) is 35.8 Å². The van der Waals surface area contributed by atoms with Gasteiger partial charge in [-0.1, -0.05) is 27.7 Å². The number of fused-ring (bicyclic) bond motifs is 1. The Morgan fingerprint density at radius 2 is 1.79 bits per heavy atom. The van der Waals surface area contributed by atoms with Crippen molar-refractivity contribution in [2.45, 2.75) is 53.0 Å². The normalized spacial score (nSPS) is 29.6. The lowest BCUT2D eigenvalue weighted by Crippen LogP contribution is -2.37. The minimum Gasteiger partial charge on any atom is -0.314 e. The van der Waals surface area contributed by atoms with Crippen LogP contribution in [0.2, 0.25) is 0 Å². The van der Waals surface area contributed by atoms with Crippen LogP contribution in [0.1, 0.15) is 47.0 Å². The zero-order valence-electron chi connectivity index (χ0n) is 12.5. The molecule has 0 aromatic heterocycles. The summed E-state index contributed by atoms with van der Waals surface area (Å²) in [7, 11) is 0. The van der Waals surface area contributed by atoms with Gasteiger partial charge in [0.15, 0.2) is 0 Å². The van der Waals surface area contributed by atoms with Crippen molar-refractivity contribution < 1.29 is 9.59 Å². The maximum absolute atomic E-state index is 12.1. The Bertz CT molecular complexity index is 354. The van der Waals surface area contributed by atoms with Crippen LogP contribution in [0.15, 0.2) is 0 Å². The number of nitrogens with zero attached hydrogens (tertiary/aromatic N) is 1. The third-order valence-corrected chi connectivity index (χ3v) is 4.81. The van der Waals surface area contributed by atoms with E-state index in [1.54, 1.807) is 0 Å². The standard InChI is InChI=1S/C15H26N2O2/c1-5-10(16-6-2)8-7-9-17-13(18)11-12(14(17)19)15(11,3)4/h10-12,16H,5-9H2,1-4H3. The van der Waals surface area contributed by atoms with Gasteiger partial charge in [0.05, 0.1) is 11.8 Å².